The van der Waals surface area contributed by atoms with Gasteiger partial charge in [-0.05, 0) is 54.7 Å². The van der Waals surface area contributed by atoms with E-state index in [2.05, 4.69) is 33.8 Å². The van der Waals surface area contributed by atoms with Gasteiger partial charge in [0.25, 0.3) is 0 Å². The van der Waals surface area contributed by atoms with Gasteiger partial charge in [0, 0.05) is 18.9 Å². The Morgan fingerprint density at radius 1 is 1.07 bits per heavy atom. The summed E-state index contributed by atoms with van der Waals surface area (Å²) in [5.74, 6) is -0.491. The molecule has 17 nitrogen and oxygen atoms in total. The number of rotatable bonds is 20. The number of aliphatic hydroxyl groups excluding tert-OH is 1. The van der Waals surface area contributed by atoms with Crippen molar-refractivity contribution < 1.29 is 46.8 Å². The number of likely N-dealkylation sites (N-methyl/N-ethyl adjacent to an activating group) is 1. The van der Waals surface area contributed by atoms with Crippen LogP contribution in [0.3, 0.4) is 0 Å². The number of para-hydroxylation sites is 1. The quantitative estimate of drug-likeness (QED) is 0.0503. The summed E-state index contributed by atoms with van der Waals surface area (Å²) < 4.78 is 57.4. The number of nitrogen functional groups attached to an aromatic ring is 1. The lowest BCUT2D eigenvalue weighted by atomic mass is 10.1. The number of phosphoric acid groups is 1. The van der Waals surface area contributed by atoms with Crippen molar-refractivity contribution >= 4 is 50.1 Å². The molecule has 4 unspecified atom stereocenters. The van der Waals surface area contributed by atoms with Crippen LogP contribution in [0.4, 0.5) is 5.82 Å². The van der Waals surface area contributed by atoms with Crippen LogP contribution in [0.2, 0.25) is 5.28 Å². The molecule has 0 radical (unpaired) electrons. The number of nitrogens with two attached hydrogens (primary N) is 1. The Kier molecular flexibility index (Phi) is 13.5. The average molecular weight is 836 g/mol. The molecule has 1 saturated heterocycles. The number of fused-ring (bicyclic) bond motifs is 2. The fourth-order valence-electron chi connectivity index (χ4n) is 6.85. The maximum atomic E-state index is 14.3. The molecule has 0 amide bonds. The van der Waals surface area contributed by atoms with Crippen LogP contribution < -0.4 is 15.3 Å². The van der Waals surface area contributed by atoms with E-state index in [1.165, 1.54) is 12.1 Å². The highest BCUT2D eigenvalue weighted by molar-refractivity contribution is 7.63. The monoisotopic (exact) mass is 835 g/mol. The average Bonchev–Trinajstić information content (AvgIpc) is 3.57. The van der Waals surface area contributed by atoms with Crippen molar-refractivity contribution in [2.24, 2.45) is 11.8 Å². The summed E-state index contributed by atoms with van der Waals surface area (Å²) in [4.78, 5) is 39.6. The molecule has 2 aromatic heterocycles. The molecule has 8 atom stereocenters. The van der Waals surface area contributed by atoms with Gasteiger partial charge in [-0.3, -0.25) is 9.32 Å². The first kappa shape index (κ1) is 42.1. The third-order valence-corrected chi connectivity index (χ3v) is 13.1. The molecule has 56 heavy (non-hydrogen) atoms. The number of esters is 1. The Balaban J connectivity index is 1.14. The highest BCUT2D eigenvalue weighted by Gasteiger charge is 2.65. The lowest BCUT2D eigenvalue weighted by molar-refractivity contribution is -0.147. The molecular formula is C36H48ClN7O10P2. The van der Waals surface area contributed by atoms with Crippen LogP contribution in [0.25, 0.3) is 11.2 Å². The van der Waals surface area contributed by atoms with E-state index in [1.54, 1.807) is 42.5 Å². The van der Waals surface area contributed by atoms with Crippen LogP contribution in [0, 0.1) is 11.8 Å². The molecule has 0 bridgehead atoms. The zero-order valence-electron chi connectivity index (χ0n) is 31.5. The van der Waals surface area contributed by atoms with E-state index in [-0.39, 0.29) is 41.8 Å². The van der Waals surface area contributed by atoms with Gasteiger partial charge >= 0.3 is 21.5 Å². The zero-order chi connectivity index (χ0) is 40.2. The smallest absolute Gasteiger partial charge is 0.460 e. The van der Waals surface area contributed by atoms with E-state index < -0.39 is 58.4 Å². The number of halogens is 1. The molecule has 20 heteroatoms. The SMILES string of the molecule is CCN(CC)CCc1nc2c(N)nc(Cl)nc2n1[C@@H]1C2O[C@H](COP(=O)(O)OP(=O)(N[C@@H](CC(C)C)C(=O)OCc3ccccc3)Oc3ccccc3)[C@H](O)C21. The number of hydrogen-bond acceptors (Lipinski definition) is 14. The number of hydrogen-bond donors (Lipinski definition) is 4. The van der Waals surface area contributed by atoms with Gasteiger partial charge in [-0.1, -0.05) is 76.2 Å². The van der Waals surface area contributed by atoms with Crippen molar-refractivity contribution in [1.29, 1.82) is 0 Å². The number of carbonyl (C=O) groups excluding carboxylic acids is 1. The van der Waals surface area contributed by atoms with E-state index >= 15 is 0 Å². The first-order valence-electron chi connectivity index (χ1n) is 18.5. The van der Waals surface area contributed by atoms with Gasteiger partial charge < -0.3 is 39.2 Å². The minimum Gasteiger partial charge on any atom is -0.460 e. The molecule has 1 aliphatic heterocycles. The van der Waals surface area contributed by atoms with Crippen LogP contribution >= 0.6 is 27.2 Å². The lowest BCUT2D eigenvalue weighted by Crippen LogP contribution is -2.38. The predicted octanol–water partition coefficient (Wildman–Crippen LogP) is 5.31. The first-order chi connectivity index (χ1) is 26.7. The van der Waals surface area contributed by atoms with Crippen LogP contribution in [-0.4, -0.2) is 91.0 Å². The third kappa shape index (κ3) is 10.1. The number of ether oxygens (including phenoxy) is 2. The van der Waals surface area contributed by atoms with Crippen molar-refractivity contribution in [1.82, 2.24) is 29.5 Å². The topological polar surface area (TPSA) is 223 Å². The van der Waals surface area contributed by atoms with E-state index in [0.29, 0.717) is 30.0 Å². The van der Waals surface area contributed by atoms with Gasteiger partial charge in [0.2, 0.25) is 5.28 Å². The predicted molar refractivity (Wildman–Crippen MR) is 208 cm³/mol. The molecule has 6 rings (SSSR count). The first-order valence-corrected chi connectivity index (χ1v) is 21.9. The Labute approximate surface area is 330 Å². The number of aliphatic hydroxyl groups is 1. The summed E-state index contributed by atoms with van der Waals surface area (Å²) in [6.45, 7) is 9.58. The maximum absolute atomic E-state index is 14.3. The molecule has 2 aromatic carbocycles. The molecule has 4 aromatic rings. The minimum atomic E-state index is -5.22. The highest BCUT2D eigenvalue weighted by Crippen LogP contribution is 2.62. The number of imidazole rings is 1. The zero-order valence-corrected chi connectivity index (χ0v) is 34.1. The fraction of sp³-hybridized carbons (Fsp3) is 0.500. The van der Waals surface area contributed by atoms with Crippen molar-refractivity contribution in [3.63, 3.8) is 0 Å². The van der Waals surface area contributed by atoms with E-state index in [9.17, 15) is 23.9 Å². The Morgan fingerprint density at radius 2 is 1.75 bits per heavy atom. The van der Waals surface area contributed by atoms with Crippen LogP contribution in [0.1, 0.15) is 51.5 Å². The van der Waals surface area contributed by atoms with Crippen molar-refractivity contribution in [2.45, 2.75) is 77.5 Å². The number of carbonyl (C=O) groups is 1. The van der Waals surface area contributed by atoms with Crippen molar-refractivity contribution in [3.05, 3.63) is 77.3 Å². The number of nitrogens with zero attached hydrogens (tertiary/aromatic N) is 5. The van der Waals surface area contributed by atoms with Crippen LogP contribution in [-0.2, 0) is 45.3 Å². The molecule has 5 N–H and O–H groups in total. The van der Waals surface area contributed by atoms with Gasteiger partial charge in [-0.15, -0.1) is 0 Å². The van der Waals surface area contributed by atoms with E-state index in [1.807, 2.05) is 24.5 Å². The third-order valence-electron chi connectivity index (χ3n) is 9.64. The molecule has 304 valence electrons. The Morgan fingerprint density at radius 3 is 2.38 bits per heavy atom. The summed E-state index contributed by atoms with van der Waals surface area (Å²) >= 11 is 6.19. The fourth-order valence-corrected chi connectivity index (χ4v) is 10.00. The Bertz CT molecular complexity index is 2060. The summed E-state index contributed by atoms with van der Waals surface area (Å²) in [6, 6.07) is 15.2. The lowest BCUT2D eigenvalue weighted by Gasteiger charge is -2.27. The van der Waals surface area contributed by atoms with Gasteiger partial charge in [0.05, 0.1) is 24.9 Å². The summed E-state index contributed by atoms with van der Waals surface area (Å²) in [7, 11) is -10.1. The van der Waals surface area contributed by atoms with Gasteiger partial charge in [0.1, 0.15) is 30.3 Å². The molecule has 2 fully saturated rings. The molecule has 1 aliphatic carbocycles. The van der Waals surface area contributed by atoms with Crippen LogP contribution in [0.15, 0.2) is 60.7 Å². The second-order valence-corrected chi connectivity index (χ2v) is 17.7. The van der Waals surface area contributed by atoms with Gasteiger partial charge in [0.15, 0.2) is 17.0 Å². The number of benzene rings is 2. The molecular weight excluding hydrogens is 788 g/mol. The van der Waals surface area contributed by atoms with E-state index in [4.69, 9.17) is 45.2 Å². The molecule has 1 saturated carbocycles. The second kappa shape index (κ2) is 18.0. The second-order valence-electron chi connectivity index (χ2n) is 14.1. The largest absolute Gasteiger partial charge is 0.481 e. The van der Waals surface area contributed by atoms with Crippen molar-refractivity contribution in [3.8, 4) is 5.75 Å². The molecule has 0 spiro atoms. The number of aromatic nitrogens is 4. The van der Waals surface area contributed by atoms with Gasteiger partial charge in [-0.2, -0.15) is 19.4 Å². The molecule has 2 aliphatic rings. The van der Waals surface area contributed by atoms with Crippen molar-refractivity contribution in [2.75, 3.05) is 32.0 Å². The Hall–Kier alpha value is -3.47. The molecule has 3 heterocycles. The van der Waals surface area contributed by atoms with Crippen LogP contribution in [0.5, 0.6) is 5.75 Å². The summed E-state index contributed by atoms with van der Waals surface area (Å²) in [5.41, 5.74) is 7.69. The summed E-state index contributed by atoms with van der Waals surface area (Å²) in [5, 5.41) is 13.9. The van der Waals surface area contributed by atoms with E-state index in [0.717, 1.165) is 18.7 Å². The van der Waals surface area contributed by atoms with Gasteiger partial charge in [-0.25, -0.2) is 14.1 Å². The number of anilines is 1. The number of nitrogens with one attached hydrogen (secondary N) is 1. The number of phosphoric ester groups is 1. The summed E-state index contributed by atoms with van der Waals surface area (Å²) in [6.07, 6.45) is -2.04. The highest BCUT2D eigenvalue weighted by atomic mass is 35.5. The standard InChI is InChI=1S/C36H48ClN7O10P2/c1-5-43(6-2)18-17-27-39-29-33(38)40-36(37)41-34(29)44(27)30-28-31(45)26(52-32(28)30)21-51-56(48,49)54-55(47,53-24-15-11-8-12-16-24)42-25(19-22(3)4)35(46)50-20-23-13-9-7-10-14-23/h7-16,22,25-26,28,30-32,45H,5-6,17-21H2,1-4H3,(H,42,47)(H,48,49)(H2,38,40,41)/t25-,26+,28?,30-,31-,32?,55?/m0/s1. The maximum Gasteiger partial charge on any atom is 0.481 e. The minimum absolute atomic E-state index is 0.0294. The normalized spacial score (nSPS) is 23.1.